The molecule has 0 radical (unpaired) electrons. The monoisotopic (exact) mass is 499 g/mol. The van der Waals surface area contributed by atoms with Crippen LogP contribution in [0.5, 0.6) is 0 Å². The van der Waals surface area contributed by atoms with Crippen LogP contribution in [0.1, 0.15) is 51.5 Å². The molecule has 3 heterocycles. The molecule has 2 aliphatic heterocycles. The number of aromatic nitrogens is 1. The molecule has 3 aliphatic carbocycles. The topological polar surface area (TPSA) is 91.8 Å². The lowest BCUT2D eigenvalue weighted by molar-refractivity contribution is -0.162. The molecular weight excluding hydrogens is 462 g/mol. The number of anilines is 1. The third-order valence-electron chi connectivity index (χ3n) is 10.4. The number of benzene rings is 1. The molecule has 7 rings (SSSR count). The van der Waals surface area contributed by atoms with Gasteiger partial charge in [-0.25, -0.2) is 4.98 Å². The van der Waals surface area contributed by atoms with Crippen molar-refractivity contribution >= 4 is 22.2 Å². The zero-order chi connectivity index (χ0) is 25.9. The maximum Gasteiger partial charge on any atom is 0.123 e. The second-order valence-electron chi connectivity index (χ2n) is 12.6. The van der Waals surface area contributed by atoms with Crippen LogP contribution in [0.2, 0.25) is 0 Å². The summed E-state index contributed by atoms with van der Waals surface area (Å²) in [5.41, 5.74) is 11.2. The molecule has 37 heavy (non-hydrogen) atoms. The summed E-state index contributed by atoms with van der Waals surface area (Å²) in [5, 5.41) is 24.4. The lowest BCUT2D eigenvalue weighted by Crippen LogP contribution is -2.62. The Hall–Kier alpha value is -2.51. The van der Waals surface area contributed by atoms with Gasteiger partial charge in [-0.3, -0.25) is 0 Å². The van der Waals surface area contributed by atoms with Crippen LogP contribution in [0.4, 0.5) is 5.82 Å². The average molecular weight is 500 g/mol. The third kappa shape index (κ3) is 2.98. The summed E-state index contributed by atoms with van der Waals surface area (Å²) in [6.45, 7) is 4.66. The SMILES string of the molecule is CC1=C2C=C3[C@@H](O)[C@H](O)[C@@H](N(C)C)C[C@]34CC[C@]2(O4)C2CC=C(c3ccc4cnc(N)cc4c3)[C@@]2(C)C1. The maximum absolute atomic E-state index is 11.2. The first kappa shape index (κ1) is 23.6. The van der Waals surface area contributed by atoms with Crippen LogP contribution >= 0.6 is 0 Å². The Morgan fingerprint density at radius 1 is 1.14 bits per heavy atom. The van der Waals surface area contributed by atoms with E-state index in [-0.39, 0.29) is 17.1 Å². The van der Waals surface area contributed by atoms with Gasteiger partial charge in [0.15, 0.2) is 0 Å². The number of rotatable bonds is 2. The van der Waals surface area contributed by atoms with Crippen molar-refractivity contribution in [1.82, 2.24) is 9.88 Å². The summed E-state index contributed by atoms with van der Waals surface area (Å²) in [6, 6.07) is 8.45. The number of aliphatic hydroxyl groups is 2. The Morgan fingerprint density at radius 3 is 2.73 bits per heavy atom. The van der Waals surface area contributed by atoms with Gasteiger partial charge in [-0.2, -0.15) is 0 Å². The van der Waals surface area contributed by atoms with Crippen LogP contribution in [0.25, 0.3) is 16.3 Å². The first-order valence-electron chi connectivity index (χ1n) is 13.6. The number of allylic oxidation sites excluding steroid dienone is 3. The summed E-state index contributed by atoms with van der Waals surface area (Å²) in [5.74, 6) is 0.866. The van der Waals surface area contributed by atoms with Gasteiger partial charge in [0.25, 0.3) is 0 Å². The summed E-state index contributed by atoms with van der Waals surface area (Å²) in [7, 11) is 3.96. The van der Waals surface area contributed by atoms with Crippen molar-refractivity contribution in [3.05, 3.63) is 64.9 Å². The number of nitrogens with two attached hydrogens (primary N) is 1. The van der Waals surface area contributed by atoms with E-state index in [1.165, 1.54) is 22.3 Å². The first-order chi connectivity index (χ1) is 17.6. The van der Waals surface area contributed by atoms with Crippen molar-refractivity contribution in [1.29, 1.82) is 0 Å². The van der Waals surface area contributed by atoms with Crippen LogP contribution in [0.3, 0.4) is 0 Å². The van der Waals surface area contributed by atoms with Crippen LogP contribution in [0.15, 0.2) is 59.3 Å². The molecule has 1 saturated heterocycles. The second-order valence-corrected chi connectivity index (χ2v) is 12.6. The molecule has 1 aromatic heterocycles. The van der Waals surface area contributed by atoms with E-state index in [9.17, 15) is 10.2 Å². The number of pyridine rings is 1. The minimum atomic E-state index is -0.900. The van der Waals surface area contributed by atoms with E-state index in [0.29, 0.717) is 18.2 Å². The molecule has 2 aromatic rings. The molecule has 194 valence electrons. The number of hydrogen-bond acceptors (Lipinski definition) is 6. The van der Waals surface area contributed by atoms with E-state index < -0.39 is 17.8 Å². The number of fused-ring (bicyclic) bond motifs is 2. The van der Waals surface area contributed by atoms with Crippen molar-refractivity contribution < 1.29 is 14.9 Å². The van der Waals surface area contributed by atoms with Crippen LogP contribution in [-0.4, -0.2) is 63.6 Å². The molecule has 1 aromatic carbocycles. The molecule has 4 N–H and O–H groups in total. The van der Waals surface area contributed by atoms with E-state index in [1.807, 2.05) is 31.3 Å². The van der Waals surface area contributed by atoms with Crippen molar-refractivity contribution in [2.45, 2.75) is 75.4 Å². The van der Waals surface area contributed by atoms with Gasteiger partial charge in [-0.05, 0) is 92.9 Å². The summed E-state index contributed by atoms with van der Waals surface area (Å²) < 4.78 is 7.32. The lowest BCUT2D eigenvalue weighted by Gasteiger charge is -2.56. The van der Waals surface area contributed by atoms with Crippen molar-refractivity contribution in [3.8, 4) is 0 Å². The fourth-order valence-corrected chi connectivity index (χ4v) is 8.77. The van der Waals surface area contributed by atoms with E-state index in [2.05, 4.69) is 49.2 Å². The van der Waals surface area contributed by atoms with Gasteiger partial charge in [0.1, 0.15) is 11.9 Å². The molecule has 7 atom stereocenters. The van der Waals surface area contributed by atoms with Gasteiger partial charge in [-0.15, -0.1) is 0 Å². The minimum absolute atomic E-state index is 0.0511. The zero-order valence-electron chi connectivity index (χ0n) is 22.2. The Kier molecular flexibility index (Phi) is 4.81. The largest absolute Gasteiger partial charge is 0.388 e. The Bertz CT molecular complexity index is 1430. The maximum atomic E-state index is 11.2. The van der Waals surface area contributed by atoms with Gasteiger partial charge in [0.05, 0.1) is 17.3 Å². The van der Waals surface area contributed by atoms with Crippen molar-refractivity contribution in [2.24, 2.45) is 11.3 Å². The van der Waals surface area contributed by atoms with E-state index in [0.717, 1.165) is 42.0 Å². The van der Waals surface area contributed by atoms with Gasteiger partial charge in [-0.1, -0.05) is 36.8 Å². The van der Waals surface area contributed by atoms with E-state index >= 15 is 0 Å². The number of nitrogen functional groups attached to an aromatic ring is 1. The fraction of sp³-hybridized carbons (Fsp3) is 0.516. The van der Waals surface area contributed by atoms with E-state index in [4.69, 9.17) is 10.5 Å². The minimum Gasteiger partial charge on any atom is -0.388 e. The van der Waals surface area contributed by atoms with Crippen molar-refractivity contribution in [2.75, 3.05) is 19.8 Å². The number of ether oxygens (including phenoxy) is 1. The number of nitrogens with zero attached hydrogens (tertiary/aromatic N) is 2. The van der Waals surface area contributed by atoms with Gasteiger partial charge in [0.2, 0.25) is 0 Å². The zero-order valence-corrected chi connectivity index (χ0v) is 22.2. The quantitative estimate of drug-likeness (QED) is 0.573. The summed E-state index contributed by atoms with van der Waals surface area (Å²) in [4.78, 5) is 6.29. The molecule has 2 fully saturated rings. The van der Waals surface area contributed by atoms with Gasteiger partial charge >= 0.3 is 0 Å². The molecule has 5 aliphatic rings. The van der Waals surface area contributed by atoms with E-state index in [1.54, 1.807) is 0 Å². The highest BCUT2D eigenvalue weighted by molar-refractivity contribution is 5.88. The highest BCUT2D eigenvalue weighted by Crippen LogP contribution is 2.69. The predicted molar refractivity (Wildman–Crippen MR) is 146 cm³/mol. The smallest absolute Gasteiger partial charge is 0.123 e. The van der Waals surface area contributed by atoms with Gasteiger partial charge < -0.3 is 25.6 Å². The van der Waals surface area contributed by atoms with Gasteiger partial charge in [0, 0.05) is 29.0 Å². The number of aliphatic hydroxyl groups excluding tert-OH is 2. The Balaban J connectivity index is 1.33. The molecule has 6 nitrogen and oxygen atoms in total. The first-order valence-corrected chi connectivity index (χ1v) is 13.6. The predicted octanol–water partition coefficient (Wildman–Crippen LogP) is 4.23. The molecule has 0 amide bonds. The third-order valence-corrected chi connectivity index (χ3v) is 10.4. The van der Waals surface area contributed by atoms with Crippen molar-refractivity contribution in [3.63, 3.8) is 0 Å². The average Bonchev–Trinajstić information content (AvgIpc) is 3.36. The van der Waals surface area contributed by atoms with Crippen LogP contribution in [-0.2, 0) is 4.74 Å². The molecule has 6 heteroatoms. The Labute approximate surface area is 218 Å². The molecule has 2 spiro atoms. The summed E-state index contributed by atoms with van der Waals surface area (Å²) >= 11 is 0. The number of likely N-dealkylation sites (N-methyl/N-ethyl adjacent to an activating group) is 1. The highest BCUT2D eigenvalue weighted by atomic mass is 16.5. The summed E-state index contributed by atoms with van der Waals surface area (Å²) in [6.07, 6.45) is 9.27. The number of hydrogen-bond donors (Lipinski definition) is 3. The Morgan fingerprint density at radius 2 is 1.95 bits per heavy atom. The van der Waals surface area contributed by atoms with Crippen LogP contribution in [0, 0.1) is 11.3 Å². The second kappa shape index (κ2) is 7.54. The molecular formula is C31H37N3O3. The molecule has 2 bridgehead atoms. The lowest BCUT2D eigenvalue weighted by atomic mass is 9.56. The fourth-order valence-electron chi connectivity index (χ4n) is 8.77. The standard InChI is InChI=1S/C31H37N3O3/c1-17-14-29(2)21(18-5-6-19-16-33-26(32)12-20(19)11-18)7-8-25(29)31-10-9-30(37-31)15-24(34(3)4)28(36)27(35)23(30)13-22(17)31/h5-7,11-13,16,24-25,27-28,35-36H,8-10,14-15H2,1-4H3,(H2,32,33)/t24-,25?,27+,28+,29+,30+,31+/m0/s1. The normalized spacial score (nSPS) is 40.4. The molecule has 1 unspecified atom stereocenters. The van der Waals surface area contributed by atoms with Crippen LogP contribution < -0.4 is 5.73 Å². The molecule has 1 saturated carbocycles. The highest BCUT2D eigenvalue weighted by Gasteiger charge is 2.68.